The van der Waals surface area contributed by atoms with E-state index in [0.29, 0.717) is 47.5 Å². The van der Waals surface area contributed by atoms with Crippen molar-refractivity contribution in [1.29, 1.82) is 0 Å². The zero-order valence-corrected chi connectivity index (χ0v) is 17.4. The molecule has 2 aromatic rings. The highest BCUT2D eigenvalue weighted by Gasteiger charge is 2.26. The van der Waals surface area contributed by atoms with Gasteiger partial charge in [0.05, 0.1) is 10.6 Å². The Hall–Kier alpha value is -2.24. The summed E-state index contributed by atoms with van der Waals surface area (Å²) in [7, 11) is 0. The third-order valence-corrected chi connectivity index (χ3v) is 5.47. The van der Waals surface area contributed by atoms with Gasteiger partial charge in [-0.3, -0.25) is 9.59 Å². The molecule has 2 amide bonds. The van der Waals surface area contributed by atoms with Gasteiger partial charge in [0.2, 0.25) is 0 Å². The fraction of sp³-hybridized carbons (Fsp3) is 0.333. The van der Waals surface area contributed by atoms with Crippen molar-refractivity contribution in [3.05, 3.63) is 63.1 Å². The number of carbonyl (C=O) groups is 2. The summed E-state index contributed by atoms with van der Waals surface area (Å²) in [6.45, 7) is 5.85. The van der Waals surface area contributed by atoms with Gasteiger partial charge in [-0.2, -0.15) is 0 Å². The second kappa shape index (κ2) is 8.84. The molecule has 0 unspecified atom stereocenters. The van der Waals surface area contributed by atoms with Crippen LogP contribution in [0.3, 0.4) is 0 Å². The fourth-order valence-corrected chi connectivity index (χ4v) is 3.52. The molecule has 0 bridgehead atoms. The second-order valence-electron chi connectivity index (χ2n) is 6.83. The molecular formula is C21H22Cl2N2O3. The summed E-state index contributed by atoms with van der Waals surface area (Å²) in [4.78, 5) is 28.5. The van der Waals surface area contributed by atoms with E-state index in [1.165, 1.54) is 5.56 Å². The van der Waals surface area contributed by atoms with Crippen LogP contribution in [0.25, 0.3) is 0 Å². The number of nitrogens with zero attached hydrogens (tertiary/aromatic N) is 2. The van der Waals surface area contributed by atoms with Crippen molar-refractivity contribution < 1.29 is 14.3 Å². The van der Waals surface area contributed by atoms with Crippen molar-refractivity contribution >= 4 is 35.0 Å². The lowest BCUT2D eigenvalue weighted by Crippen LogP contribution is -2.51. The van der Waals surface area contributed by atoms with E-state index in [2.05, 4.69) is 0 Å². The lowest BCUT2D eigenvalue weighted by Gasteiger charge is -2.34. The first-order valence-corrected chi connectivity index (χ1v) is 9.83. The highest BCUT2D eigenvalue weighted by molar-refractivity contribution is 6.36. The summed E-state index contributed by atoms with van der Waals surface area (Å²) in [6.07, 6.45) is 0. The molecule has 3 rings (SSSR count). The summed E-state index contributed by atoms with van der Waals surface area (Å²) < 4.78 is 5.63. The smallest absolute Gasteiger partial charge is 0.260 e. The van der Waals surface area contributed by atoms with Crippen molar-refractivity contribution in [2.45, 2.75) is 13.8 Å². The molecule has 0 aromatic heterocycles. The quantitative estimate of drug-likeness (QED) is 0.751. The van der Waals surface area contributed by atoms with Gasteiger partial charge in [0, 0.05) is 31.2 Å². The van der Waals surface area contributed by atoms with Gasteiger partial charge in [-0.05, 0) is 55.3 Å². The molecule has 5 nitrogen and oxygen atoms in total. The van der Waals surface area contributed by atoms with Crippen molar-refractivity contribution in [2.75, 3.05) is 32.8 Å². The molecule has 1 fully saturated rings. The maximum atomic E-state index is 12.6. The molecule has 148 valence electrons. The van der Waals surface area contributed by atoms with Crippen LogP contribution in [0.4, 0.5) is 0 Å². The number of aryl methyl sites for hydroxylation is 2. The molecule has 1 aliphatic heterocycles. The van der Waals surface area contributed by atoms with Crippen molar-refractivity contribution in [3.8, 4) is 5.75 Å². The van der Waals surface area contributed by atoms with E-state index in [9.17, 15) is 9.59 Å². The van der Waals surface area contributed by atoms with Gasteiger partial charge < -0.3 is 14.5 Å². The van der Waals surface area contributed by atoms with Gasteiger partial charge >= 0.3 is 0 Å². The van der Waals surface area contributed by atoms with Gasteiger partial charge in [-0.1, -0.05) is 29.3 Å². The number of amides is 2. The molecule has 1 heterocycles. The summed E-state index contributed by atoms with van der Waals surface area (Å²) in [5.41, 5.74) is 2.72. The third kappa shape index (κ3) is 4.78. The predicted molar refractivity (Wildman–Crippen MR) is 110 cm³/mol. The first-order chi connectivity index (χ1) is 13.3. The molecular weight excluding hydrogens is 399 g/mol. The van der Waals surface area contributed by atoms with E-state index in [4.69, 9.17) is 27.9 Å². The van der Waals surface area contributed by atoms with Crippen LogP contribution in [0.15, 0.2) is 36.4 Å². The van der Waals surface area contributed by atoms with Crippen molar-refractivity contribution in [3.63, 3.8) is 0 Å². The van der Waals surface area contributed by atoms with Crippen LogP contribution in [0.1, 0.15) is 21.5 Å². The minimum atomic E-state index is -0.153. The molecule has 1 saturated heterocycles. The SMILES string of the molecule is Cc1ccc(OCC(=O)N2CCN(C(=O)c3ccc(Cl)cc3Cl)CC2)cc1C. The Labute approximate surface area is 174 Å². The van der Waals surface area contributed by atoms with Crippen LogP contribution in [-0.2, 0) is 4.79 Å². The normalized spacial score (nSPS) is 14.1. The summed E-state index contributed by atoms with van der Waals surface area (Å²) in [5, 5.41) is 0.818. The van der Waals surface area contributed by atoms with E-state index in [-0.39, 0.29) is 18.4 Å². The summed E-state index contributed by atoms with van der Waals surface area (Å²) >= 11 is 12.0. The Kier molecular flexibility index (Phi) is 6.47. The minimum Gasteiger partial charge on any atom is -0.484 e. The number of carbonyl (C=O) groups excluding carboxylic acids is 2. The Morgan fingerprint density at radius 1 is 0.929 bits per heavy atom. The zero-order chi connectivity index (χ0) is 20.3. The topological polar surface area (TPSA) is 49.9 Å². The molecule has 28 heavy (non-hydrogen) atoms. The molecule has 0 radical (unpaired) electrons. The Morgan fingerprint density at radius 2 is 1.61 bits per heavy atom. The Balaban J connectivity index is 1.52. The van der Waals surface area contributed by atoms with E-state index < -0.39 is 0 Å². The molecule has 0 spiro atoms. The Bertz CT molecular complexity index is 893. The highest BCUT2D eigenvalue weighted by Crippen LogP contribution is 2.23. The van der Waals surface area contributed by atoms with Crippen molar-refractivity contribution in [1.82, 2.24) is 9.80 Å². The Morgan fingerprint density at radius 3 is 2.25 bits per heavy atom. The maximum Gasteiger partial charge on any atom is 0.260 e. The fourth-order valence-electron chi connectivity index (χ4n) is 3.03. The van der Waals surface area contributed by atoms with Gasteiger partial charge in [0.25, 0.3) is 11.8 Å². The van der Waals surface area contributed by atoms with E-state index in [1.807, 2.05) is 32.0 Å². The number of hydrogen-bond acceptors (Lipinski definition) is 3. The minimum absolute atomic E-state index is 0.0144. The van der Waals surface area contributed by atoms with Crippen LogP contribution >= 0.6 is 23.2 Å². The van der Waals surface area contributed by atoms with Crippen LogP contribution in [-0.4, -0.2) is 54.4 Å². The first-order valence-electron chi connectivity index (χ1n) is 9.07. The number of rotatable bonds is 4. The summed E-state index contributed by atoms with van der Waals surface area (Å²) in [6, 6.07) is 10.6. The molecule has 0 N–H and O–H groups in total. The lowest BCUT2D eigenvalue weighted by atomic mass is 10.1. The van der Waals surface area contributed by atoms with E-state index >= 15 is 0 Å². The molecule has 2 aromatic carbocycles. The maximum absolute atomic E-state index is 12.6. The monoisotopic (exact) mass is 420 g/mol. The molecule has 1 aliphatic rings. The van der Waals surface area contributed by atoms with E-state index in [0.717, 1.165) is 5.56 Å². The van der Waals surface area contributed by atoms with Crippen LogP contribution < -0.4 is 4.74 Å². The summed E-state index contributed by atoms with van der Waals surface area (Å²) in [5.74, 6) is 0.442. The predicted octanol–water partition coefficient (Wildman–Crippen LogP) is 3.97. The van der Waals surface area contributed by atoms with Crippen LogP contribution in [0.2, 0.25) is 10.0 Å². The number of piperazine rings is 1. The highest BCUT2D eigenvalue weighted by atomic mass is 35.5. The van der Waals surface area contributed by atoms with Crippen molar-refractivity contribution in [2.24, 2.45) is 0 Å². The average molecular weight is 421 g/mol. The van der Waals surface area contributed by atoms with Crippen LogP contribution in [0, 0.1) is 13.8 Å². The molecule has 0 aliphatic carbocycles. The number of hydrogen-bond donors (Lipinski definition) is 0. The van der Waals surface area contributed by atoms with Gasteiger partial charge in [0.1, 0.15) is 5.75 Å². The standard InChI is InChI=1S/C21H22Cl2N2O3/c1-14-3-5-17(11-15(14)2)28-13-20(26)24-7-9-25(10-8-24)21(27)18-6-4-16(22)12-19(18)23/h3-6,11-12H,7-10,13H2,1-2H3. The number of benzene rings is 2. The molecule has 0 atom stereocenters. The van der Waals surface area contributed by atoms with E-state index in [1.54, 1.807) is 28.0 Å². The first kappa shape index (κ1) is 20.5. The second-order valence-corrected chi connectivity index (χ2v) is 7.68. The zero-order valence-electron chi connectivity index (χ0n) is 15.9. The van der Waals surface area contributed by atoms with Gasteiger partial charge in [-0.15, -0.1) is 0 Å². The molecule has 0 saturated carbocycles. The van der Waals surface area contributed by atoms with Crippen LogP contribution in [0.5, 0.6) is 5.75 Å². The van der Waals surface area contributed by atoms with Gasteiger partial charge in [-0.25, -0.2) is 0 Å². The molecule has 7 heteroatoms. The average Bonchev–Trinajstić information content (AvgIpc) is 2.68. The largest absolute Gasteiger partial charge is 0.484 e. The lowest BCUT2D eigenvalue weighted by molar-refractivity contribution is -0.134. The van der Waals surface area contributed by atoms with Gasteiger partial charge in [0.15, 0.2) is 6.61 Å². The number of halogens is 2. The third-order valence-electron chi connectivity index (χ3n) is 4.92. The number of ether oxygens (including phenoxy) is 1.